The highest BCUT2D eigenvalue weighted by Gasteiger charge is 2.13. The fraction of sp³-hybridized carbons (Fsp3) is 0.182. The number of hydrogen-bond acceptors (Lipinski definition) is 6. The Labute approximate surface area is 113 Å². The molecule has 0 bridgehead atoms. The maximum absolute atomic E-state index is 11.2. The van der Waals surface area contributed by atoms with Crippen molar-refractivity contribution < 1.29 is 19.6 Å². The maximum Gasteiger partial charge on any atom is 0.322 e. The highest BCUT2D eigenvalue weighted by Crippen LogP contribution is 2.21. The largest absolute Gasteiger partial charge is 0.480 e. The smallest absolute Gasteiger partial charge is 0.322 e. The van der Waals surface area contributed by atoms with Crippen LogP contribution in [0.1, 0.15) is 5.56 Å². The third-order valence-electron chi connectivity index (χ3n) is 2.20. The molecule has 0 radical (unpaired) electrons. The summed E-state index contributed by atoms with van der Waals surface area (Å²) in [6, 6.07) is 5.42. The van der Waals surface area contributed by atoms with Gasteiger partial charge >= 0.3 is 5.97 Å². The number of hydrogen-bond donors (Lipinski definition) is 3. The zero-order valence-electron chi connectivity index (χ0n) is 10.1. The Kier molecular flexibility index (Phi) is 4.99. The van der Waals surface area contributed by atoms with Gasteiger partial charge in [0.1, 0.15) is 18.2 Å². The molecule has 0 unspecified atom stereocenters. The molecule has 0 spiro atoms. The number of nitrogens with one attached hydrogen (secondary N) is 2. The number of nitrogens with zero attached hydrogens (tertiary/aromatic N) is 2. The number of amides is 1. The molecule has 1 aromatic carbocycles. The molecule has 104 valence electrons. The Balaban J connectivity index is 2.66. The van der Waals surface area contributed by atoms with Gasteiger partial charge in [-0.15, -0.1) is 0 Å². The number of nitro benzene ring substituents is 1. The van der Waals surface area contributed by atoms with E-state index in [-0.39, 0.29) is 17.8 Å². The predicted molar refractivity (Wildman–Crippen MR) is 66.9 cm³/mol. The van der Waals surface area contributed by atoms with Crippen LogP contribution in [0.2, 0.25) is 0 Å². The lowest BCUT2D eigenvalue weighted by molar-refractivity contribution is -0.385. The fourth-order valence-corrected chi connectivity index (χ4v) is 1.31. The van der Waals surface area contributed by atoms with Crippen molar-refractivity contribution in [3.8, 4) is 6.07 Å². The zero-order chi connectivity index (χ0) is 15.1. The van der Waals surface area contributed by atoms with Crippen molar-refractivity contribution in [2.75, 3.05) is 18.4 Å². The molecule has 0 saturated heterocycles. The summed E-state index contributed by atoms with van der Waals surface area (Å²) in [6.45, 7) is -0.708. The molecular weight excluding hydrogens is 268 g/mol. The number of anilines is 1. The Morgan fingerprint density at radius 3 is 2.65 bits per heavy atom. The third-order valence-corrected chi connectivity index (χ3v) is 2.20. The molecule has 9 heteroatoms. The molecule has 0 aliphatic carbocycles. The third kappa shape index (κ3) is 4.26. The number of carboxylic acids is 1. The van der Waals surface area contributed by atoms with Crippen LogP contribution in [0, 0.1) is 21.4 Å². The number of nitro groups is 1. The first-order chi connectivity index (χ1) is 9.43. The second kappa shape index (κ2) is 6.69. The molecule has 3 N–H and O–H groups in total. The molecule has 0 aliphatic rings. The van der Waals surface area contributed by atoms with Crippen LogP contribution < -0.4 is 10.6 Å². The normalized spacial score (nSPS) is 9.35. The van der Waals surface area contributed by atoms with E-state index in [9.17, 15) is 19.7 Å². The lowest BCUT2D eigenvalue weighted by Gasteiger charge is -2.06. The lowest BCUT2D eigenvalue weighted by atomic mass is 10.2. The molecule has 0 saturated carbocycles. The average molecular weight is 278 g/mol. The van der Waals surface area contributed by atoms with Gasteiger partial charge < -0.3 is 15.7 Å². The molecule has 1 aromatic rings. The van der Waals surface area contributed by atoms with Crippen molar-refractivity contribution in [1.29, 1.82) is 5.26 Å². The van der Waals surface area contributed by atoms with Gasteiger partial charge in [0.25, 0.3) is 5.69 Å². The second-order valence-corrected chi connectivity index (χ2v) is 3.62. The minimum Gasteiger partial charge on any atom is -0.480 e. The minimum absolute atomic E-state index is 0.133. The molecule has 0 aromatic heterocycles. The molecule has 0 aliphatic heterocycles. The Morgan fingerprint density at radius 1 is 1.40 bits per heavy atom. The van der Waals surface area contributed by atoms with Crippen LogP contribution in [0.5, 0.6) is 0 Å². The second-order valence-electron chi connectivity index (χ2n) is 3.62. The van der Waals surface area contributed by atoms with Crippen molar-refractivity contribution >= 4 is 23.3 Å². The van der Waals surface area contributed by atoms with Crippen LogP contribution in [0.25, 0.3) is 0 Å². The zero-order valence-corrected chi connectivity index (χ0v) is 10.1. The van der Waals surface area contributed by atoms with Crippen LogP contribution in [0.15, 0.2) is 18.2 Å². The van der Waals surface area contributed by atoms with Gasteiger partial charge in [-0.25, -0.2) is 0 Å². The lowest BCUT2D eigenvalue weighted by Crippen LogP contribution is -2.33. The molecule has 20 heavy (non-hydrogen) atoms. The molecule has 1 amide bonds. The van der Waals surface area contributed by atoms with Crippen molar-refractivity contribution in [3.05, 3.63) is 33.9 Å². The molecule has 1 rings (SSSR count). The number of aliphatic carboxylic acids is 1. The first-order valence-electron chi connectivity index (χ1n) is 5.35. The van der Waals surface area contributed by atoms with Gasteiger partial charge in [0.15, 0.2) is 0 Å². The number of benzene rings is 1. The topological polar surface area (TPSA) is 145 Å². The van der Waals surface area contributed by atoms with Crippen LogP contribution in [-0.4, -0.2) is 35.0 Å². The van der Waals surface area contributed by atoms with Crippen LogP contribution in [0.3, 0.4) is 0 Å². The molecule has 9 nitrogen and oxygen atoms in total. The van der Waals surface area contributed by atoms with E-state index < -0.39 is 23.3 Å². The number of carbonyl (C=O) groups is 2. The molecular formula is C11H10N4O5. The maximum atomic E-state index is 11.2. The number of carbonyl (C=O) groups excluding carboxylic acids is 1. The van der Waals surface area contributed by atoms with E-state index >= 15 is 0 Å². The number of nitriles is 1. The number of rotatable bonds is 6. The SMILES string of the molecule is N#Cc1cc(NCC(=O)NCC(=O)O)ccc1[N+](=O)[O-]. The van der Waals surface area contributed by atoms with E-state index in [1.54, 1.807) is 6.07 Å². The van der Waals surface area contributed by atoms with Gasteiger partial charge in [-0.3, -0.25) is 19.7 Å². The quantitative estimate of drug-likeness (QED) is 0.493. The molecule has 0 atom stereocenters. The van der Waals surface area contributed by atoms with Gasteiger partial charge in [-0.05, 0) is 12.1 Å². The van der Waals surface area contributed by atoms with Crippen molar-refractivity contribution in [1.82, 2.24) is 5.32 Å². The first-order valence-corrected chi connectivity index (χ1v) is 5.35. The van der Waals surface area contributed by atoms with E-state index in [2.05, 4.69) is 10.6 Å². The van der Waals surface area contributed by atoms with Crippen molar-refractivity contribution in [3.63, 3.8) is 0 Å². The summed E-state index contributed by atoms with van der Waals surface area (Å²) in [7, 11) is 0. The highest BCUT2D eigenvalue weighted by atomic mass is 16.6. The van der Waals surface area contributed by atoms with Crippen molar-refractivity contribution in [2.24, 2.45) is 0 Å². The monoisotopic (exact) mass is 278 g/mol. The van der Waals surface area contributed by atoms with E-state index in [0.29, 0.717) is 5.69 Å². The molecule has 0 fully saturated rings. The number of carboxylic acid groups (broad SMARTS) is 1. The Morgan fingerprint density at radius 2 is 2.10 bits per heavy atom. The summed E-state index contributed by atoms with van der Waals surface area (Å²) >= 11 is 0. The van der Waals surface area contributed by atoms with E-state index in [1.165, 1.54) is 12.1 Å². The van der Waals surface area contributed by atoms with Gasteiger partial charge in [-0.2, -0.15) is 5.26 Å². The summed E-state index contributed by atoms with van der Waals surface area (Å²) < 4.78 is 0. The summed E-state index contributed by atoms with van der Waals surface area (Å²) in [6.07, 6.45) is 0. The fourth-order valence-electron chi connectivity index (χ4n) is 1.31. The predicted octanol–water partition coefficient (Wildman–Crippen LogP) is 0.0792. The Bertz CT molecular complexity index is 593. The highest BCUT2D eigenvalue weighted by molar-refractivity contribution is 5.84. The summed E-state index contributed by atoms with van der Waals surface area (Å²) in [4.78, 5) is 31.4. The van der Waals surface area contributed by atoms with Gasteiger partial charge in [0.05, 0.1) is 11.5 Å². The van der Waals surface area contributed by atoms with Crippen LogP contribution in [0.4, 0.5) is 11.4 Å². The van der Waals surface area contributed by atoms with E-state index in [1.807, 2.05) is 0 Å². The standard InChI is InChI=1S/C11H10N4O5/c12-4-7-3-8(1-2-9(7)15(19)20)13-5-10(16)14-6-11(17)18/h1-3,13H,5-6H2,(H,14,16)(H,17,18). The summed E-state index contributed by atoms with van der Waals surface area (Å²) in [5.41, 5.74) is -0.114. The van der Waals surface area contributed by atoms with Gasteiger partial charge in [0.2, 0.25) is 5.91 Å². The van der Waals surface area contributed by atoms with Crippen molar-refractivity contribution in [2.45, 2.75) is 0 Å². The van der Waals surface area contributed by atoms with Crippen LogP contribution >= 0.6 is 0 Å². The average Bonchev–Trinajstić information content (AvgIpc) is 2.42. The van der Waals surface area contributed by atoms with Gasteiger partial charge in [-0.1, -0.05) is 0 Å². The summed E-state index contributed by atoms with van der Waals surface area (Å²) in [5, 5.41) is 32.5. The minimum atomic E-state index is -1.17. The van der Waals surface area contributed by atoms with E-state index in [0.717, 1.165) is 6.07 Å². The van der Waals surface area contributed by atoms with Gasteiger partial charge in [0, 0.05) is 11.8 Å². The van der Waals surface area contributed by atoms with Crippen LogP contribution in [-0.2, 0) is 9.59 Å². The van der Waals surface area contributed by atoms with E-state index in [4.69, 9.17) is 10.4 Å². The summed E-state index contributed by atoms with van der Waals surface area (Å²) in [5.74, 6) is -1.72. The molecule has 0 heterocycles. The first kappa shape index (κ1) is 14.9. The Hall–Kier alpha value is -3.15.